The summed E-state index contributed by atoms with van der Waals surface area (Å²) >= 11 is 0. The van der Waals surface area contributed by atoms with Gasteiger partial charge in [-0.2, -0.15) is 0 Å². The first-order chi connectivity index (χ1) is 8.20. The maximum absolute atomic E-state index is 10.8. The third kappa shape index (κ3) is 2.68. The second-order valence-electron chi connectivity index (χ2n) is 3.82. The Morgan fingerprint density at radius 3 is 2.94 bits per heavy atom. The highest BCUT2D eigenvalue weighted by Crippen LogP contribution is 2.34. The third-order valence-corrected chi connectivity index (χ3v) is 2.63. The van der Waals surface area contributed by atoms with Crippen molar-refractivity contribution >= 4 is 5.97 Å². The first-order valence-electron chi connectivity index (χ1n) is 5.55. The predicted octanol–water partition coefficient (Wildman–Crippen LogP) is 1.54. The smallest absolute Gasteiger partial charge is 0.305 e. The van der Waals surface area contributed by atoms with Crippen LogP contribution < -0.4 is 14.8 Å². The van der Waals surface area contributed by atoms with Gasteiger partial charge in [0.05, 0.1) is 6.42 Å². The summed E-state index contributed by atoms with van der Waals surface area (Å²) in [6.45, 7) is 2.89. The van der Waals surface area contributed by atoms with E-state index in [2.05, 4.69) is 5.32 Å². The molecule has 0 aromatic heterocycles. The molecule has 17 heavy (non-hydrogen) atoms. The van der Waals surface area contributed by atoms with Crippen LogP contribution in [0.3, 0.4) is 0 Å². The minimum absolute atomic E-state index is 0.0491. The first kappa shape index (κ1) is 11.7. The monoisotopic (exact) mass is 237 g/mol. The lowest BCUT2D eigenvalue weighted by molar-refractivity contribution is -0.137. The van der Waals surface area contributed by atoms with Gasteiger partial charge in [0.1, 0.15) is 0 Å². The number of carboxylic acids is 1. The van der Waals surface area contributed by atoms with Gasteiger partial charge in [0, 0.05) is 6.04 Å². The van der Waals surface area contributed by atoms with E-state index in [0.717, 1.165) is 5.56 Å². The van der Waals surface area contributed by atoms with Gasteiger partial charge in [-0.15, -0.1) is 0 Å². The Morgan fingerprint density at radius 1 is 1.47 bits per heavy atom. The number of benzene rings is 1. The number of nitrogens with one attached hydrogen (secondary N) is 1. The molecule has 1 aliphatic rings. The van der Waals surface area contributed by atoms with Crippen LogP contribution in [0.1, 0.15) is 24.9 Å². The number of fused-ring (bicyclic) bond motifs is 1. The number of rotatable bonds is 5. The molecule has 0 radical (unpaired) electrons. The predicted molar refractivity (Wildman–Crippen MR) is 61.2 cm³/mol. The zero-order valence-electron chi connectivity index (χ0n) is 9.60. The standard InChI is InChI=1S/C12H15NO4/c1-2-13-9(6-12(14)15)8-3-4-10-11(5-8)17-7-16-10/h3-5,9,13H,2,6-7H2,1H3,(H,14,15). The molecule has 0 spiro atoms. The zero-order valence-corrected chi connectivity index (χ0v) is 9.60. The summed E-state index contributed by atoms with van der Waals surface area (Å²) in [5, 5.41) is 12.0. The summed E-state index contributed by atoms with van der Waals surface area (Å²) in [6.07, 6.45) is 0.0491. The fourth-order valence-corrected chi connectivity index (χ4v) is 1.86. The average molecular weight is 237 g/mol. The topological polar surface area (TPSA) is 67.8 Å². The first-order valence-corrected chi connectivity index (χ1v) is 5.55. The van der Waals surface area contributed by atoms with E-state index < -0.39 is 5.97 Å². The second kappa shape index (κ2) is 5.05. The fraction of sp³-hybridized carbons (Fsp3) is 0.417. The molecule has 2 N–H and O–H groups in total. The van der Waals surface area contributed by atoms with E-state index in [4.69, 9.17) is 14.6 Å². The van der Waals surface area contributed by atoms with Crippen molar-refractivity contribution < 1.29 is 19.4 Å². The molecule has 1 atom stereocenters. The minimum Gasteiger partial charge on any atom is -0.481 e. The molecule has 1 aliphatic heterocycles. The highest BCUT2D eigenvalue weighted by molar-refractivity contribution is 5.68. The van der Waals surface area contributed by atoms with Crippen LogP contribution in [0.25, 0.3) is 0 Å². The number of hydrogen-bond acceptors (Lipinski definition) is 4. The van der Waals surface area contributed by atoms with Gasteiger partial charge in [-0.1, -0.05) is 13.0 Å². The number of aliphatic carboxylic acids is 1. The molecule has 0 amide bonds. The Bertz CT molecular complexity index is 419. The molecular weight excluding hydrogens is 222 g/mol. The second-order valence-corrected chi connectivity index (χ2v) is 3.82. The SMILES string of the molecule is CCNC(CC(=O)O)c1ccc2c(c1)OCO2. The molecule has 0 saturated carbocycles. The van der Waals surface area contributed by atoms with E-state index in [-0.39, 0.29) is 19.3 Å². The molecule has 5 nitrogen and oxygen atoms in total. The van der Waals surface area contributed by atoms with Crippen LogP contribution in [0.5, 0.6) is 11.5 Å². The van der Waals surface area contributed by atoms with Gasteiger partial charge in [-0.25, -0.2) is 0 Å². The van der Waals surface area contributed by atoms with Crippen LogP contribution in [0.2, 0.25) is 0 Å². The van der Waals surface area contributed by atoms with E-state index in [9.17, 15) is 4.79 Å². The van der Waals surface area contributed by atoms with Crippen molar-refractivity contribution in [1.82, 2.24) is 5.32 Å². The minimum atomic E-state index is -0.825. The van der Waals surface area contributed by atoms with E-state index in [1.165, 1.54) is 0 Å². The molecular formula is C12H15NO4. The lowest BCUT2D eigenvalue weighted by atomic mass is 10.0. The van der Waals surface area contributed by atoms with Crippen molar-refractivity contribution in [3.05, 3.63) is 23.8 Å². The fourth-order valence-electron chi connectivity index (χ4n) is 1.86. The Balaban J connectivity index is 2.20. The molecule has 0 aliphatic carbocycles. The van der Waals surface area contributed by atoms with Gasteiger partial charge in [-0.3, -0.25) is 4.79 Å². The van der Waals surface area contributed by atoms with Crippen LogP contribution in [0.15, 0.2) is 18.2 Å². The Labute approximate surface area is 99.3 Å². The summed E-state index contributed by atoms with van der Waals surface area (Å²) in [5.74, 6) is 0.559. The molecule has 2 rings (SSSR count). The van der Waals surface area contributed by atoms with Gasteiger partial charge in [0.25, 0.3) is 0 Å². The van der Waals surface area contributed by atoms with Crippen LogP contribution in [-0.4, -0.2) is 24.4 Å². The van der Waals surface area contributed by atoms with Gasteiger partial charge < -0.3 is 19.9 Å². The van der Waals surface area contributed by atoms with E-state index in [1.807, 2.05) is 25.1 Å². The van der Waals surface area contributed by atoms with Gasteiger partial charge >= 0.3 is 5.97 Å². The summed E-state index contributed by atoms with van der Waals surface area (Å²) in [7, 11) is 0. The van der Waals surface area contributed by atoms with Crippen molar-refractivity contribution in [1.29, 1.82) is 0 Å². The van der Waals surface area contributed by atoms with Crippen molar-refractivity contribution in [2.24, 2.45) is 0 Å². The number of hydrogen-bond donors (Lipinski definition) is 2. The maximum atomic E-state index is 10.8. The summed E-state index contributed by atoms with van der Waals surface area (Å²) in [4.78, 5) is 10.8. The molecule has 0 saturated heterocycles. The van der Waals surface area contributed by atoms with Crippen molar-refractivity contribution in [2.45, 2.75) is 19.4 Å². The molecule has 1 unspecified atom stereocenters. The van der Waals surface area contributed by atoms with Gasteiger partial charge in [0.2, 0.25) is 6.79 Å². The number of carbonyl (C=O) groups is 1. The largest absolute Gasteiger partial charge is 0.481 e. The van der Waals surface area contributed by atoms with Crippen LogP contribution in [0, 0.1) is 0 Å². The maximum Gasteiger partial charge on any atom is 0.305 e. The summed E-state index contributed by atoms with van der Waals surface area (Å²) < 4.78 is 10.5. The quantitative estimate of drug-likeness (QED) is 0.813. The molecule has 1 aromatic rings. The molecule has 1 aromatic carbocycles. The number of ether oxygens (including phenoxy) is 2. The zero-order chi connectivity index (χ0) is 12.3. The van der Waals surface area contributed by atoms with E-state index >= 15 is 0 Å². The molecule has 0 fully saturated rings. The lowest BCUT2D eigenvalue weighted by Gasteiger charge is -2.16. The average Bonchev–Trinajstić information content (AvgIpc) is 2.74. The Morgan fingerprint density at radius 2 is 2.24 bits per heavy atom. The van der Waals surface area contributed by atoms with Gasteiger partial charge in [-0.05, 0) is 24.2 Å². The normalized spacial score (nSPS) is 14.6. The summed E-state index contributed by atoms with van der Waals surface area (Å²) in [6, 6.07) is 5.30. The Hall–Kier alpha value is -1.75. The van der Waals surface area contributed by atoms with Crippen molar-refractivity contribution in [3.8, 4) is 11.5 Å². The van der Waals surface area contributed by atoms with Crippen molar-refractivity contribution in [2.75, 3.05) is 13.3 Å². The van der Waals surface area contributed by atoms with Gasteiger partial charge in [0.15, 0.2) is 11.5 Å². The van der Waals surface area contributed by atoms with Crippen LogP contribution in [0.4, 0.5) is 0 Å². The highest BCUT2D eigenvalue weighted by atomic mass is 16.7. The molecule has 1 heterocycles. The van der Waals surface area contributed by atoms with E-state index in [1.54, 1.807) is 0 Å². The molecule has 5 heteroatoms. The van der Waals surface area contributed by atoms with Crippen LogP contribution in [-0.2, 0) is 4.79 Å². The number of carboxylic acid groups (broad SMARTS) is 1. The molecule has 0 bridgehead atoms. The van der Waals surface area contributed by atoms with Crippen molar-refractivity contribution in [3.63, 3.8) is 0 Å². The molecule has 92 valence electrons. The van der Waals surface area contributed by atoms with E-state index in [0.29, 0.717) is 18.0 Å². The highest BCUT2D eigenvalue weighted by Gasteiger charge is 2.19. The third-order valence-electron chi connectivity index (χ3n) is 2.63. The Kier molecular flexibility index (Phi) is 3.49. The summed E-state index contributed by atoms with van der Waals surface area (Å²) in [5.41, 5.74) is 0.901. The van der Waals surface area contributed by atoms with Crippen LogP contribution >= 0.6 is 0 Å². The lowest BCUT2D eigenvalue weighted by Crippen LogP contribution is -2.23.